The van der Waals surface area contributed by atoms with Crippen molar-refractivity contribution in [2.24, 2.45) is 4.99 Å². The molecule has 11 rings (SSSR count). The van der Waals surface area contributed by atoms with Crippen molar-refractivity contribution in [1.82, 2.24) is 9.88 Å². The summed E-state index contributed by atoms with van der Waals surface area (Å²) >= 11 is 1.86. The molecule has 0 saturated heterocycles. The molecular formula is C52H35N3S. The van der Waals surface area contributed by atoms with Crippen molar-refractivity contribution in [3.05, 3.63) is 217 Å². The molecule has 1 aliphatic rings. The maximum Gasteiger partial charge on any atom is 0.145 e. The molecule has 0 radical (unpaired) electrons. The Labute approximate surface area is 329 Å². The lowest BCUT2D eigenvalue weighted by Gasteiger charge is -2.25. The predicted molar refractivity (Wildman–Crippen MR) is 238 cm³/mol. The zero-order valence-corrected chi connectivity index (χ0v) is 31.2. The standard InChI is InChI=1S/C52H35N3S/c1-4-13-34(14-5-1)37-19-12-20-40(29-37)52-53-46(36-17-8-3-9-18-36)33-47(54-52)39-23-26-43-42-21-10-11-22-48(42)55(49(43)31-39)41-25-28-51-45(32-41)44-30-38(24-27-50(44)56-51)35-15-6-2-7-16-35/h1-33,52-53H. The van der Waals surface area contributed by atoms with E-state index in [1.165, 1.54) is 58.7 Å². The second-order valence-electron chi connectivity index (χ2n) is 14.4. The second kappa shape index (κ2) is 13.4. The summed E-state index contributed by atoms with van der Waals surface area (Å²) in [6, 6.07) is 70.0. The van der Waals surface area contributed by atoms with Crippen LogP contribution in [-0.4, -0.2) is 10.3 Å². The zero-order valence-electron chi connectivity index (χ0n) is 30.4. The van der Waals surface area contributed by atoms with Gasteiger partial charge in [-0.2, -0.15) is 0 Å². The number of rotatable bonds is 6. The molecule has 10 aromatic rings. The summed E-state index contributed by atoms with van der Waals surface area (Å²) in [5.74, 6) is 0. The van der Waals surface area contributed by atoms with E-state index in [2.05, 4.69) is 210 Å². The SMILES string of the molecule is C1=C(c2ccccc2)NC(c2cccc(-c3ccccc3)c2)N=C1c1ccc2c3ccccc3n(-c3ccc4sc5ccc(-c6ccccc6)cc5c4c3)c2c1. The van der Waals surface area contributed by atoms with Gasteiger partial charge in [-0.3, -0.25) is 4.99 Å². The smallest absolute Gasteiger partial charge is 0.145 e. The van der Waals surface area contributed by atoms with Crippen molar-refractivity contribution in [3.63, 3.8) is 0 Å². The van der Waals surface area contributed by atoms with Gasteiger partial charge in [0.1, 0.15) is 6.17 Å². The van der Waals surface area contributed by atoms with E-state index in [1.54, 1.807) is 0 Å². The van der Waals surface area contributed by atoms with Crippen molar-refractivity contribution < 1.29 is 0 Å². The molecule has 0 bridgehead atoms. The molecule has 56 heavy (non-hydrogen) atoms. The lowest BCUT2D eigenvalue weighted by atomic mass is 9.99. The largest absolute Gasteiger partial charge is 0.360 e. The van der Waals surface area contributed by atoms with Gasteiger partial charge in [-0.1, -0.05) is 146 Å². The van der Waals surface area contributed by atoms with Crippen LogP contribution >= 0.6 is 11.3 Å². The highest BCUT2D eigenvalue weighted by molar-refractivity contribution is 7.25. The van der Waals surface area contributed by atoms with Gasteiger partial charge in [0, 0.05) is 47.9 Å². The first-order valence-electron chi connectivity index (χ1n) is 19.1. The highest BCUT2D eigenvalue weighted by atomic mass is 32.1. The number of allylic oxidation sites excluding steroid dienone is 1. The van der Waals surface area contributed by atoms with Crippen LogP contribution in [0, 0.1) is 0 Å². The number of aromatic nitrogens is 1. The molecule has 1 unspecified atom stereocenters. The van der Waals surface area contributed by atoms with Gasteiger partial charge in [0.25, 0.3) is 0 Å². The fraction of sp³-hybridized carbons (Fsp3) is 0.0192. The third-order valence-corrected chi connectivity index (χ3v) is 12.2. The van der Waals surface area contributed by atoms with Crippen molar-refractivity contribution in [2.45, 2.75) is 6.17 Å². The molecule has 3 heterocycles. The topological polar surface area (TPSA) is 29.3 Å². The summed E-state index contributed by atoms with van der Waals surface area (Å²) < 4.78 is 5.03. The van der Waals surface area contributed by atoms with Crippen LogP contribution in [0.15, 0.2) is 205 Å². The summed E-state index contributed by atoms with van der Waals surface area (Å²) in [6.07, 6.45) is 1.94. The van der Waals surface area contributed by atoms with E-state index in [4.69, 9.17) is 4.99 Å². The zero-order chi connectivity index (χ0) is 37.0. The van der Waals surface area contributed by atoms with E-state index < -0.39 is 0 Å². The van der Waals surface area contributed by atoms with Crippen molar-refractivity contribution >= 4 is 64.7 Å². The molecular weight excluding hydrogens is 699 g/mol. The lowest BCUT2D eigenvalue weighted by molar-refractivity contribution is 0.664. The van der Waals surface area contributed by atoms with E-state index in [9.17, 15) is 0 Å². The molecule has 3 nitrogen and oxygen atoms in total. The van der Waals surface area contributed by atoms with Crippen LogP contribution in [0.3, 0.4) is 0 Å². The normalized spacial score (nSPS) is 14.2. The first-order valence-corrected chi connectivity index (χ1v) is 19.9. The summed E-state index contributed by atoms with van der Waals surface area (Å²) in [5.41, 5.74) is 13.7. The van der Waals surface area contributed by atoms with E-state index in [0.717, 1.165) is 39.3 Å². The number of thiophene rings is 1. The van der Waals surface area contributed by atoms with E-state index >= 15 is 0 Å². The van der Waals surface area contributed by atoms with Crippen molar-refractivity contribution in [1.29, 1.82) is 0 Å². The number of hydrogen-bond donors (Lipinski definition) is 1. The number of nitrogens with one attached hydrogen (secondary N) is 1. The molecule has 8 aromatic carbocycles. The minimum absolute atomic E-state index is 0.259. The molecule has 1 N–H and O–H groups in total. The molecule has 1 aliphatic heterocycles. The molecule has 0 spiro atoms. The average Bonchev–Trinajstić information content (AvgIpc) is 3.81. The fourth-order valence-corrected chi connectivity index (χ4v) is 9.34. The number of hydrogen-bond acceptors (Lipinski definition) is 3. The highest BCUT2D eigenvalue weighted by Gasteiger charge is 2.22. The molecule has 1 atom stereocenters. The Morgan fingerprint density at radius 1 is 0.429 bits per heavy atom. The molecule has 0 aliphatic carbocycles. The first kappa shape index (κ1) is 32.4. The van der Waals surface area contributed by atoms with Gasteiger partial charge in [0.2, 0.25) is 0 Å². The summed E-state index contributed by atoms with van der Waals surface area (Å²) in [6.45, 7) is 0. The Bertz CT molecular complexity index is 3150. The predicted octanol–water partition coefficient (Wildman–Crippen LogP) is 13.6. The number of aliphatic imine (C=N–C) groups is 1. The van der Waals surface area contributed by atoms with Crippen LogP contribution < -0.4 is 5.32 Å². The molecule has 0 fully saturated rings. The van der Waals surface area contributed by atoms with E-state index in [1.807, 2.05) is 11.3 Å². The average molecular weight is 734 g/mol. The highest BCUT2D eigenvalue weighted by Crippen LogP contribution is 2.40. The van der Waals surface area contributed by atoms with Gasteiger partial charge < -0.3 is 9.88 Å². The van der Waals surface area contributed by atoms with Crippen LogP contribution in [0.2, 0.25) is 0 Å². The Kier molecular flexibility index (Phi) is 7.75. The van der Waals surface area contributed by atoms with Crippen LogP contribution in [0.5, 0.6) is 0 Å². The second-order valence-corrected chi connectivity index (χ2v) is 15.5. The third kappa shape index (κ3) is 5.62. The summed E-state index contributed by atoms with van der Waals surface area (Å²) in [7, 11) is 0. The van der Waals surface area contributed by atoms with Crippen LogP contribution in [-0.2, 0) is 0 Å². The molecule has 0 saturated carbocycles. The first-order chi connectivity index (χ1) is 27.7. The van der Waals surface area contributed by atoms with Crippen LogP contribution in [0.25, 0.3) is 75.6 Å². The number of nitrogens with zero attached hydrogens (tertiary/aromatic N) is 2. The lowest BCUT2D eigenvalue weighted by Crippen LogP contribution is -2.24. The molecule has 264 valence electrons. The maximum atomic E-state index is 5.42. The van der Waals surface area contributed by atoms with Crippen LogP contribution in [0.4, 0.5) is 0 Å². The van der Waals surface area contributed by atoms with Gasteiger partial charge in [0.15, 0.2) is 0 Å². The van der Waals surface area contributed by atoms with Gasteiger partial charge in [-0.25, -0.2) is 0 Å². The number of benzene rings is 8. The van der Waals surface area contributed by atoms with Crippen LogP contribution in [0.1, 0.15) is 22.9 Å². The van der Waals surface area contributed by atoms with Gasteiger partial charge in [-0.05, 0) is 88.0 Å². The Balaban J connectivity index is 1.07. The van der Waals surface area contributed by atoms with Crippen molar-refractivity contribution in [3.8, 4) is 27.9 Å². The Morgan fingerprint density at radius 3 is 1.80 bits per heavy atom. The Morgan fingerprint density at radius 2 is 1.04 bits per heavy atom. The van der Waals surface area contributed by atoms with E-state index in [0.29, 0.717) is 0 Å². The van der Waals surface area contributed by atoms with Gasteiger partial charge in [0.05, 0.1) is 16.7 Å². The van der Waals surface area contributed by atoms with Gasteiger partial charge in [-0.15, -0.1) is 11.3 Å². The summed E-state index contributed by atoms with van der Waals surface area (Å²) in [5, 5.41) is 8.80. The quantitative estimate of drug-likeness (QED) is 0.181. The Hall–Kier alpha value is -7.01. The molecule has 2 aromatic heterocycles. The monoisotopic (exact) mass is 733 g/mol. The minimum Gasteiger partial charge on any atom is -0.360 e. The minimum atomic E-state index is -0.259. The van der Waals surface area contributed by atoms with Gasteiger partial charge >= 0.3 is 0 Å². The third-order valence-electron chi connectivity index (χ3n) is 11.0. The number of para-hydroxylation sites is 1. The maximum absolute atomic E-state index is 5.42. The fourth-order valence-electron chi connectivity index (χ4n) is 8.28. The van der Waals surface area contributed by atoms with Crippen molar-refractivity contribution in [2.75, 3.05) is 0 Å². The summed E-state index contributed by atoms with van der Waals surface area (Å²) in [4.78, 5) is 5.42. The number of fused-ring (bicyclic) bond motifs is 6. The molecule has 0 amide bonds. The van der Waals surface area contributed by atoms with E-state index in [-0.39, 0.29) is 6.17 Å². The molecule has 4 heteroatoms.